The fraction of sp³-hybridized carbons (Fsp3) is 0.182. The molecule has 0 aliphatic heterocycles. The second-order valence-corrected chi connectivity index (χ2v) is 3.99. The molecule has 4 heteroatoms. The van der Waals surface area contributed by atoms with Crippen molar-refractivity contribution in [1.29, 1.82) is 0 Å². The molecule has 0 aliphatic carbocycles. The van der Waals surface area contributed by atoms with E-state index in [2.05, 4.69) is 21.1 Å². The molecule has 0 spiro atoms. The molecule has 0 unspecified atom stereocenters. The molecular formula is C11H10BrNO2. The van der Waals surface area contributed by atoms with Crippen LogP contribution in [0.25, 0.3) is 11.3 Å². The van der Waals surface area contributed by atoms with Crippen molar-refractivity contribution >= 4 is 15.9 Å². The second-order valence-electron chi connectivity index (χ2n) is 3.13. The third-order valence-electron chi connectivity index (χ3n) is 2.14. The van der Waals surface area contributed by atoms with Gasteiger partial charge in [0.05, 0.1) is 6.20 Å². The van der Waals surface area contributed by atoms with Crippen LogP contribution < -0.4 is 0 Å². The van der Waals surface area contributed by atoms with Crippen LogP contribution in [0.5, 0.6) is 0 Å². The minimum absolute atomic E-state index is 0.0959. The van der Waals surface area contributed by atoms with Gasteiger partial charge < -0.3 is 9.63 Å². The first kappa shape index (κ1) is 10.4. The van der Waals surface area contributed by atoms with Crippen molar-refractivity contribution in [3.8, 4) is 11.3 Å². The van der Waals surface area contributed by atoms with Gasteiger partial charge in [0.2, 0.25) is 0 Å². The van der Waals surface area contributed by atoms with Crippen molar-refractivity contribution in [2.45, 2.75) is 6.42 Å². The van der Waals surface area contributed by atoms with Crippen molar-refractivity contribution in [2.24, 2.45) is 0 Å². The van der Waals surface area contributed by atoms with Crippen LogP contribution in [0, 0.1) is 0 Å². The molecule has 0 saturated heterocycles. The third kappa shape index (κ3) is 2.11. The molecule has 0 saturated carbocycles. The molecule has 1 aromatic carbocycles. The van der Waals surface area contributed by atoms with Gasteiger partial charge in [-0.2, -0.15) is 0 Å². The van der Waals surface area contributed by atoms with Gasteiger partial charge >= 0.3 is 0 Å². The Morgan fingerprint density at radius 3 is 2.87 bits per heavy atom. The van der Waals surface area contributed by atoms with E-state index in [-0.39, 0.29) is 6.61 Å². The summed E-state index contributed by atoms with van der Waals surface area (Å²) in [4.78, 5) is 0. The Hall–Kier alpha value is -1.13. The van der Waals surface area contributed by atoms with Gasteiger partial charge in [0.15, 0.2) is 5.76 Å². The number of hydrogen-bond donors (Lipinski definition) is 1. The summed E-state index contributed by atoms with van der Waals surface area (Å²) in [7, 11) is 0. The summed E-state index contributed by atoms with van der Waals surface area (Å²) in [6, 6.07) is 7.77. The average molecular weight is 268 g/mol. The maximum Gasteiger partial charge on any atom is 0.171 e. The van der Waals surface area contributed by atoms with Crippen LogP contribution in [0.2, 0.25) is 0 Å². The van der Waals surface area contributed by atoms with Crippen molar-refractivity contribution in [3.63, 3.8) is 0 Å². The van der Waals surface area contributed by atoms with E-state index < -0.39 is 0 Å². The number of benzene rings is 1. The Morgan fingerprint density at radius 1 is 1.33 bits per heavy atom. The zero-order valence-electron chi connectivity index (χ0n) is 7.98. The smallest absolute Gasteiger partial charge is 0.171 e. The molecule has 1 heterocycles. The maximum absolute atomic E-state index is 8.90. The molecule has 0 atom stereocenters. The van der Waals surface area contributed by atoms with Gasteiger partial charge in [0.25, 0.3) is 0 Å². The molecule has 0 fully saturated rings. The summed E-state index contributed by atoms with van der Waals surface area (Å²) in [6.45, 7) is 0.0959. The zero-order valence-corrected chi connectivity index (χ0v) is 9.57. The van der Waals surface area contributed by atoms with Crippen LogP contribution in [0.3, 0.4) is 0 Å². The molecule has 1 N–H and O–H groups in total. The van der Waals surface area contributed by atoms with Gasteiger partial charge in [-0.1, -0.05) is 33.2 Å². The van der Waals surface area contributed by atoms with E-state index >= 15 is 0 Å². The third-order valence-corrected chi connectivity index (χ3v) is 2.84. The highest BCUT2D eigenvalue weighted by atomic mass is 79.9. The lowest BCUT2D eigenvalue weighted by molar-refractivity contribution is 0.299. The highest BCUT2D eigenvalue weighted by molar-refractivity contribution is 9.10. The number of nitrogens with zero attached hydrogens (tertiary/aromatic N) is 1. The summed E-state index contributed by atoms with van der Waals surface area (Å²) >= 11 is 3.45. The number of halogens is 1. The zero-order chi connectivity index (χ0) is 10.7. The minimum atomic E-state index is 0.0959. The van der Waals surface area contributed by atoms with Gasteiger partial charge in [0.1, 0.15) is 0 Å². The Bertz CT molecular complexity index is 453. The molecule has 0 aliphatic rings. The fourth-order valence-electron chi connectivity index (χ4n) is 1.43. The van der Waals surface area contributed by atoms with E-state index in [1.807, 2.05) is 24.3 Å². The molecule has 0 radical (unpaired) electrons. The lowest BCUT2D eigenvalue weighted by atomic mass is 10.1. The van der Waals surface area contributed by atoms with Crippen LogP contribution in [-0.2, 0) is 6.42 Å². The van der Waals surface area contributed by atoms with Crippen molar-refractivity contribution < 1.29 is 9.63 Å². The quantitative estimate of drug-likeness (QED) is 0.930. The van der Waals surface area contributed by atoms with Gasteiger partial charge in [-0.3, -0.25) is 0 Å². The maximum atomic E-state index is 8.90. The molecule has 78 valence electrons. The van der Waals surface area contributed by atoms with Crippen LogP contribution in [-0.4, -0.2) is 16.9 Å². The van der Waals surface area contributed by atoms with Crippen LogP contribution in [0.1, 0.15) is 5.56 Å². The first-order valence-electron chi connectivity index (χ1n) is 4.62. The van der Waals surface area contributed by atoms with Crippen LogP contribution in [0.15, 0.2) is 39.5 Å². The first-order valence-corrected chi connectivity index (χ1v) is 5.41. The van der Waals surface area contributed by atoms with Crippen molar-refractivity contribution in [1.82, 2.24) is 5.16 Å². The van der Waals surface area contributed by atoms with Gasteiger partial charge in [-0.25, -0.2) is 0 Å². The lowest BCUT2D eigenvalue weighted by Crippen LogP contribution is -1.90. The molecule has 2 aromatic rings. The van der Waals surface area contributed by atoms with Crippen LogP contribution >= 0.6 is 15.9 Å². The molecule has 3 nitrogen and oxygen atoms in total. The predicted molar refractivity (Wildman–Crippen MR) is 60.4 cm³/mol. The minimum Gasteiger partial charge on any atom is -0.396 e. The number of rotatable bonds is 3. The fourth-order valence-corrected chi connectivity index (χ4v) is 1.89. The molecule has 15 heavy (non-hydrogen) atoms. The summed E-state index contributed by atoms with van der Waals surface area (Å²) < 4.78 is 6.15. The van der Waals surface area contributed by atoms with E-state index in [1.165, 1.54) is 0 Å². The highest BCUT2D eigenvalue weighted by Gasteiger charge is 2.12. The Labute approximate surface area is 95.8 Å². The Kier molecular flexibility index (Phi) is 3.18. The molecular weight excluding hydrogens is 258 g/mol. The summed E-state index contributed by atoms with van der Waals surface area (Å²) in [5.74, 6) is 0.719. The summed E-state index contributed by atoms with van der Waals surface area (Å²) in [5, 5.41) is 12.6. The van der Waals surface area contributed by atoms with Gasteiger partial charge in [-0.15, -0.1) is 0 Å². The Morgan fingerprint density at radius 2 is 2.13 bits per heavy atom. The number of aromatic nitrogens is 1. The molecule has 1 aromatic heterocycles. The second kappa shape index (κ2) is 4.59. The average Bonchev–Trinajstić information content (AvgIpc) is 2.67. The van der Waals surface area contributed by atoms with E-state index in [1.54, 1.807) is 6.20 Å². The number of hydrogen-bond acceptors (Lipinski definition) is 3. The summed E-state index contributed by atoms with van der Waals surface area (Å²) in [6.07, 6.45) is 2.20. The van der Waals surface area contributed by atoms with Gasteiger partial charge in [0, 0.05) is 28.6 Å². The number of aliphatic hydroxyl groups excluding tert-OH is 1. The Balaban J connectivity index is 2.45. The summed E-state index contributed by atoms with van der Waals surface area (Å²) in [5.41, 5.74) is 1.88. The topological polar surface area (TPSA) is 46.3 Å². The molecule has 0 bridgehead atoms. The predicted octanol–water partition coefficient (Wildman–Crippen LogP) is 2.64. The first-order chi connectivity index (χ1) is 7.33. The normalized spacial score (nSPS) is 10.5. The highest BCUT2D eigenvalue weighted by Crippen LogP contribution is 2.30. The van der Waals surface area contributed by atoms with E-state index in [4.69, 9.17) is 9.63 Å². The standard InChI is InChI=1S/C11H10BrNO2/c12-10-4-2-1-3-9(10)11-8(5-6-14)7-13-15-11/h1-4,7,14H,5-6H2. The van der Waals surface area contributed by atoms with E-state index in [0.29, 0.717) is 6.42 Å². The number of aliphatic hydroxyl groups is 1. The van der Waals surface area contributed by atoms with E-state index in [9.17, 15) is 0 Å². The lowest BCUT2D eigenvalue weighted by Gasteiger charge is -2.01. The van der Waals surface area contributed by atoms with Crippen molar-refractivity contribution in [3.05, 3.63) is 40.5 Å². The van der Waals surface area contributed by atoms with Crippen molar-refractivity contribution in [2.75, 3.05) is 6.61 Å². The monoisotopic (exact) mass is 267 g/mol. The van der Waals surface area contributed by atoms with E-state index in [0.717, 1.165) is 21.4 Å². The molecule has 0 amide bonds. The molecule has 2 rings (SSSR count). The largest absolute Gasteiger partial charge is 0.396 e. The SMILES string of the molecule is OCCc1cnoc1-c1ccccc1Br. The van der Waals surface area contributed by atoms with Gasteiger partial charge in [-0.05, 0) is 12.1 Å². The van der Waals surface area contributed by atoms with Crippen LogP contribution in [0.4, 0.5) is 0 Å².